The molecule has 7 nitrogen and oxygen atoms in total. The van der Waals surface area contributed by atoms with E-state index in [1.807, 2.05) is 24.3 Å². The van der Waals surface area contributed by atoms with Crippen LogP contribution in [0, 0.1) is 0 Å². The van der Waals surface area contributed by atoms with Crippen molar-refractivity contribution in [2.75, 3.05) is 20.6 Å². The smallest absolute Gasteiger partial charge is 0.308 e. The molecule has 1 atom stereocenters. The molecule has 1 aliphatic rings. The summed E-state index contributed by atoms with van der Waals surface area (Å²) in [4.78, 5) is 4.11. The van der Waals surface area contributed by atoms with Crippen molar-refractivity contribution in [1.29, 1.82) is 0 Å². The SMILES string of the molecule is CN(C)S(=O)(=O)n1ccnc1CNC[C@]1(O)CCc2ccccc21. The zero-order chi connectivity index (χ0) is 17.4. The topological polar surface area (TPSA) is 87.5 Å². The fraction of sp³-hybridized carbons (Fsp3) is 0.438. The second kappa shape index (κ2) is 6.29. The second-order valence-electron chi connectivity index (χ2n) is 6.22. The minimum Gasteiger partial charge on any atom is -0.384 e. The summed E-state index contributed by atoms with van der Waals surface area (Å²) < 4.78 is 26.7. The highest BCUT2D eigenvalue weighted by Crippen LogP contribution is 2.36. The third-order valence-corrected chi connectivity index (χ3v) is 6.17. The Balaban J connectivity index is 1.70. The molecule has 0 amide bonds. The molecule has 2 aromatic rings. The molecule has 3 rings (SSSR count). The van der Waals surface area contributed by atoms with Gasteiger partial charge in [-0.15, -0.1) is 0 Å². The van der Waals surface area contributed by atoms with Crippen LogP contribution in [0.3, 0.4) is 0 Å². The lowest BCUT2D eigenvalue weighted by Gasteiger charge is -2.24. The number of rotatable bonds is 6. The molecule has 2 N–H and O–H groups in total. The molecule has 1 aliphatic carbocycles. The molecule has 130 valence electrons. The van der Waals surface area contributed by atoms with Gasteiger partial charge in [0.15, 0.2) is 0 Å². The Kier molecular flexibility index (Phi) is 4.48. The van der Waals surface area contributed by atoms with E-state index >= 15 is 0 Å². The summed E-state index contributed by atoms with van der Waals surface area (Å²) in [5, 5.41) is 14.0. The molecule has 0 spiro atoms. The van der Waals surface area contributed by atoms with Crippen LogP contribution >= 0.6 is 0 Å². The molecule has 1 aromatic carbocycles. The number of nitrogens with zero attached hydrogens (tertiary/aromatic N) is 3. The van der Waals surface area contributed by atoms with E-state index in [4.69, 9.17) is 0 Å². The molecular formula is C16H22N4O3S. The van der Waals surface area contributed by atoms with Crippen molar-refractivity contribution in [1.82, 2.24) is 18.6 Å². The van der Waals surface area contributed by atoms with Gasteiger partial charge >= 0.3 is 10.2 Å². The number of imidazole rings is 1. The summed E-state index contributed by atoms with van der Waals surface area (Å²) in [5.41, 5.74) is 1.19. The van der Waals surface area contributed by atoms with E-state index in [1.165, 1.54) is 32.1 Å². The molecule has 0 saturated carbocycles. The Morgan fingerprint density at radius 3 is 2.88 bits per heavy atom. The maximum Gasteiger partial charge on any atom is 0.308 e. The fourth-order valence-corrected chi connectivity index (χ4v) is 4.00. The van der Waals surface area contributed by atoms with E-state index in [0.717, 1.165) is 20.3 Å². The molecule has 0 bridgehead atoms. The van der Waals surface area contributed by atoms with Crippen LogP contribution in [0.4, 0.5) is 0 Å². The fourth-order valence-electron chi connectivity index (χ4n) is 3.07. The third-order valence-electron chi connectivity index (χ3n) is 4.42. The Hall–Kier alpha value is -1.74. The van der Waals surface area contributed by atoms with Crippen LogP contribution < -0.4 is 5.32 Å². The standard InChI is InChI=1S/C16H22N4O3S/c1-19(2)24(22,23)20-10-9-18-15(20)11-17-12-16(21)8-7-13-5-3-4-6-14(13)16/h3-6,9-10,17,21H,7-8,11-12H2,1-2H3/t16-/m1/s1. The number of aliphatic hydroxyl groups is 1. The van der Waals surface area contributed by atoms with Crippen LogP contribution in [0.15, 0.2) is 36.7 Å². The predicted molar refractivity (Wildman–Crippen MR) is 90.6 cm³/mol. The molecule has 0 saturated heterocycles. The Morgan fingerprint density at radius 1 is 1.38 bits per heavy atom. The highest BCUT2D eigenvalue weighted by atomic mass is 32.2. The van der Waals surface area contributed by atoms with E-state index in [9.17, 15) is 13.5 Å². The summed E-state index contributed by atoms with van der Waals surface area (Å²) in [6.07, 6.45) is 4.38. The highest BCUT2D eigenvalue weighted by Gasteiger charge is 2.36. The average molecular weight is 350 g/mol. The number of benzene rings is 1. The quantitative estimate of drug-likeness (QED) is 0.790. The first-order chi connectivity index (χ1) is 11.3. The number of aromatic nitrogens is 2. The van der Waals surface area contributed by atoms with E-state index in [1.54, 1.807) is 0 Å². The van der Waals surface area contributed by atoms with Gasteiger partial charge in [-0.1, -0.05) is 24.3 Å². The van der Waals surface area contributed by atoms with E-state index < -0.39 is 15.8 Å². The summed E-state index contributed by atoms with van der Waals surface area (Å²) >= 11 is 0. The summed E-state index contributed by atoms with van der Waals surface area (Å²) in [5.74, 6) is 0.388. The zero-order valence-electron chi connectivity index (χ0n) is 13.8. The molecule has 8 heteroatoms. The van der Waals surface area contributed by atoms with Gasteiger partial charge in [-0.25, -0.2) is 8.96 Å². The predicted octanol–water partition coefficient (Wildman–Crippen LogP) is 0.461. The van der Waals surface area contributed by atoms with Gasteiger partial charge in [0.25, 0.3) is 0 Å². The number of nitrogens with one attached hydrogen (secondary N) is 1. The average Bonchev–Trinajstić information content (AvgIpc) is 3.14. The van der Waals surface area contributed by atoms with Crippen molar-refractivity contribution in [2.45, 2.75) is 25.0 Å². The van der Waals surface area contributed by atoms with Crippen LogP contribution in [0.2, 0.25) is 0 Å². The number of hydrogen-bond acceptors (Lipinski definition) is 5. The lowest BCUT2D eigenvalue weighted by Crippen LogP contribution is -2.37. The van der Waals surface area contributed by atoms with Crippen molar-refractivity contribution in [3.05, 3.63) is 53.6 Å². The van der Waals surface area contributed by atoms with Crippen LogP contribution in [-0.2, 0) is 28.8 Å². The summed E-state index contributed by atoms with van der Waals surface area (Å²) in [6.45, 7) is 0.601. The van der Waals surface area contributed by atoms with Gasteiger partial charge in [0.2, 0.25) is 0 Å². The van der Waals surface area contributed by atoms with Crippen LogP contribution in [0.1, 0.15) is 23.4 Å². The summed E-state index contributed by atoms with van der Waals surface area (Å²) in [7, 11) is -0.639. The Bertz CT molecular complexity index is 831. The molecule has 24 heavy (non-hydrogen) atoms. The first-order valence-corrected chi connectivity index (χ1v) is 9.21. The zero-order valence-corrected chi connectivity index (χ0v) is 14.6. The largest absolute Gasteiger partial charge is 0.384 e. The first-order valence-electron chi connectivity index (χ1n) is 7.81. The maximum atomic E-state index is 12.2. The molecule has 0 unspecified atom stereocenters. The number of aryl methyl sites for hydroxylation is 1. The molecule has 0 aliphatic heterocycles. The van der Waals surface area contributed by atoms with Gasteiger partial charge in [0, 0.05) is 33.0 Å². The van der Waals surface area contributed by atoms with Crippen LogP contribution in [0.25, 0.3) is 0 Å². The maximum absolute atomic E-state index is 12.2. The van der Waals surface area contributed by atoms with Crippen molar-refractivity contribution in [2.24, 2.45) is 0 Å². The van der Waals surface area contributed by atoms with E-state index in [0.29, 0.717) is 18.8 Å². The van der Waals surface area contributed by atoms with Gasteiger partial charge in [-0.2, -0.15) is 12.7 Å². The van der Waals surface area contributed by atoms with Gasteiger partial charge < -0.3 is 10.4 Å². The van der Waals surface area contributed by atoms with Crippen LogP contribution in [-0.4, -0.2) is 47.4 Å². The van der Waals surface area contributed by atoms with Gasteiger partial charge in [-0.3, -0.25) is 0 Å². The van der Waals surface area contributed by atoms with Crippen molar-refractivity contribution in [3.63, 3.8) is 0 Å². The van der Waals surface area contributed by atoms with Crippen molar-refractivity contribution in [3.8, 4) is 0 Å². The number of hydrogen-bond donors (Lipinski definition) is 2. The third kappa shape index (κ3) is 2.98. The Morgan fingerprint density at radius 2 is 2.12 bits per heavy atom. The van der Waals surface area contributed by atoms with Gasteiger partial charge in [-0.05, 0) is 24.0 Å². The van der Waals surface area contributed by atoms with E-state index in [-0.39, 0.29) is 6.54 Å². The molecule has 0 radical (unpaired) electrons. The van der Waals surface area contributed by atoms with Crippen molar-refractivity contribution >= 4 is 10.2 Å². The van der Waals surface area contributed by atoms with Gasteiger partial charge in [0.1, 0.15) is 11.4 Å². The van der Waals surface area contributed by atoms with Crippen molar-refractivity contribution < 1.29 is 13.5 Å². The minimum atomic E-state index is -3.59. The molecular weight excluding hydrogens is 328 g/mol. The minimum absolute atomic E-state index is 0.255. The van der Waals surface area contributed by atoms with Gasteiger partial charge in [0.05, 0.1) is 6.54 Å². The lowest BCUT2D eigenvalue weighted by atomic mass is 9.96. The van der Waals surface area contributed by atoms with E-state index in [2.05, 4.69) is 10.3 Å². The first kappa shape index (κ1) is 17.1. The highest BCUT2D eigenvalue weighted by molar-refractivity contribution is 7.87. The Labute approximate surface area is 142 Å². The second-order valence-corrected chi connectivity index (χ2v) is 8.24. The number of fused-ring (bicyclic) bond motifs is 1. The molecule has 1 heterocycles. The lowest BCUT2D eigenvalue weighted by molar-refractivity contribution is 0.0383. The molecule has 0 fully saturated rings. The molecule has 1 aromatic heterocycles. The normalized spacial score (nSPS) is 20.5. The monoisotopic (exact) mass is 350 g/mol. The summed E-state index contributed by atoms with van der Waals surface area (Å²) in [6, 6.07) is 7.87. The van der Waals surface area contributed by atoms with Crippen LogP contribution in [0.5, 0.6) is 0 Å².